The van der Waals surface area contributed by atoms with Crippen LogP contribution >= 0.6 is 0 Å². The number of carboxylic acid groups (broad SMARTS) is 4. The second-order valence-electron chi connectivity index (χ2n) is 16.9. The molecule has 54 heavy (non-hydrogen) atoms. The molecule has 4 N–H and O–H groups in total. The quantitative estimate of drug-likeness (QED) is 0.0846. The van der Waals surface area contributed by atoms with Crippen LogP contribution in [0.4, 0.5) is 0 Å². The van der Waals surface area contributed by atoms with Crippen LogP contribution in [0.3, 0.4) is 0 Å². The van der Waals surface area contributed by atoms with Gasteiger partial charge in [0.25, 0.3) is 0 Å². The van der Waals surface area contributed by atoms with Crippen LogP contribution in [0.2, 0.25) is 0 Å². The van der Waals surface area contributed by atoms with Gasteiger partial charge in [0.2, 0.25) is 0 Å². The van der Waals surface area contributed by atoms with Crippen molar-refractivity contribution in [1.29, 1.82) is 0 Å². The molecule has 8 heteroatoms. The number of aliphatic carboxylic acids is 4. The zero-order valence-corrected chi connectivity index (χ0v) is 35.0. The van der Waals surface area contributed by atoms with Crippen LogP contribution in [0.25, 0.3) is 0 Å². The Balaban J connectivity index is 0.000000364. The van der Waals surface area contributed by atoms with Crippen molar-refractivity contribution in [3.8, 4) is 0 Å². The van der Waals surface area contributed by atoms with E-state index in [0.717, 1.165) is 43.4 Å². The third kappa shape index (κ3) is 20.0. The molecule has 5 fully saturated rings. The van der Waals surface area contributed by atoms with Crippen LogP contribution in [-0.4, -0.2) is 44.3 Å². The minimum atomic E-state index is -0.800. The van der Waals surface area contributed by atoms with E-state index in [2.05, 4.69) is 26.8 Å². The molecule has 1 unspecified atom stereocenters. The molecule has 5 aliphatic rings. The molecular weight excluding hydrogens is 680 g/mol. The Morgan fingerprint density at radius 1 is 0.611 bits per heavy atom. The van der Waals surface area contributed by atoms with Crippen LogP contribution in [-0.2, 0) is 19.2 Å². The molecule has 5 saturated carbocycles. The normalized spacial score (nSPS) is 24.5. The summed E-state index contributed by atoms with van der Waals surface area (Å²) in [4.78, 5) is 42.4. The Hall–Kier alpha value is -3.16. The largest absolute Gasteiger partial charge is 0.478 e. The van der Waals surface area contributed by atoms with Crippen molar-refractivity contribution in [2.24, 2.45) is 35.0 Å². The van der Waals surface area contributed by atoms with Gasteiger partial charge in [0.1, 0.15) is 0 Å². The first-order valence-electron chi connectivity index (χ1n) is 21.2. The van der Waals surface area contributed by atoms with E-state index in [4.69, 9.17) is 20.4 Å². The van der Waals surface area contributed by atoms with Gasteiger partial charge in [-0.25, -0.2) is 19.2 Å². The fourth-order valence-corrected chi connectivity index (χ4v) is 8.99. The van der Waals surface area contributed by atoms with E-state index in [9.17, 15) is 19.2 Å². The summed E-state index contributed by atoms with van der Waals surface area (Å²) < 4.78 is 0. The monoisotopic (exact) mass is 757 g/mol. The minimum Gasteiger partial charge on any atom is -0.478 e. The molecule has 5 aliphatic carbocycles. The summed E-state index contributed by atoms with van der Waals surface area (Å²) in [5, 5.41) is 34.9. The molecule has 0 aromatic heterocycles. The molecule has 0 amide bonds. The molecule has 0 aliphatic heterocycles. The van der Waals surface area contributed by atoms with Crippen LogP contribution in [0.1, 0.15) is 183 Å². The van der Waals surface area contributed by atoms with Gasteiger partial charge in [-0.05, 0) is 133 Å². The first-order valence-corrected chi connectivity index (χ1v) is 21.2. The molecule has 308 valence electrons. The number of unbranched alkanes of at least 4 members (excludes halogenated alkanes) is 5. The van der Waals surface area contributed by atoms with Crippen molar-refractivity contribution < 1.29 is 39.6 Å². The highest BCUT2D eigenvalue weighted by atomic mass is 16.4. The van der Waals surface area contributed by atoms with Crippen molar-refractivity contribution in [2.45, 2.75) is 183 Å². The number of carbonyl (C=O) groups is 4. The molecule has 0 saturated heterocycles. The lowest BCUT2D eigenvalue weighted by Gasteiger charge is -2.56. The van der Waals surface area contributed by atoms with E-state index < -0.39 is 23.9 Å². The lowest BCUT2D eigenvalue weighted by atomic mass is 9.49. The van der Waals surface area contributed by atoms with E-state index in [1.54, 1.807) is 33.8 Å². The molecular formula is C46H76O8. The van der Waals surface area contributed by atoms with E-state index in [0.29, 0.717) is 34.1 Å². The Morgan fingerprint density at radius 2 is 1.09 bits per heavy atom. The molecule has 0 aromatic carbocycles. The van der Waals surface area contributed by atoms with Gasteiger partial charge in [-0.2, -0.15) is 0 Å². The fraction of sp³-hybridized carbons (Fsp3) is 0.739. The maximum Gasteiger partial charge on any atom is 0.330 e. The van der Waals surface area contributed by atoms with E-state index in [1.807, 2.05) is 12.2 Å². The van der Waals surface area contributed by atoms with Crippen molar-refractivity contribution >= 4 is 23.9 Å². The van der Waals surface area contributed by atoms with Gasteiger partial charge in [0.15, 0.2) is 0 Å². The average Bonchev–Trinajstić information content (AvgIpc) is 3.11. The van der Waals surface area contributed by atoms with Gasteiger partial charge < -0.3 is 20.4 Å². The van der Waals surface area contributed by atoms with E-state index in [1.165, 1.54) is 109 Å². The van der Waals surface area contributed by atoms with Crippen LogP contribution in [0, 0.1) is 35.0 Å². The average molecular weight is 757 g/mol. The maximum absolute atomic E-state index is 11.0. The number of rotatable bonds is 17. The molecule has 8 nitrogen and oxygen atoms in total. The molecule has 0 spiro atoms. The zero-order valence-electron chi connectivity index (χ0n) is 35.0. The van der Waals surface area contributed by atoms with Crippen molar-refractivity contribution in [2.75, 3.05) is 0 Å². The van der Waals surface area contributed by atoms with Gasteiger partial charge in [0.05, 0.1) is 0 Å². The first-order chi connectivity index (χ1) is 25.6. The third-order valence-corrected chi connectivity index (χ3v) is 11.9. The summed E-state index contributed by atoms with van der Waals surface area (Å²) in [5.74, 6) is 0.744. The second-order valence-corrected chi connectivity index (χ2v) is 16.9. The Kier molecular flexibility index (Phi) is 24.1. The Morgan fingerprint density at radius 3 is 1.54 bits per heavy atom. The van der Waals surface area contributed by atoms with Crippen molar-refractivity contribution in [3.05, 3.63) is 46.6 Å². The minimum absolute atomic E-state index is 0.261. The highest BCUT2D eigenvalue weighted by Gasteiger charge is 2.49. The predicted octanol–water partition coefficient (Wildman–Crippen LogP) is 12.4. The summed E-state index contributed by atoms with van der Waals surface area (Å²) in [5.41, 5.74) is 2.26. The van der Waals surface area contributed by atoms with Gasteiger partial charge >= 0.3 is 23.9 Å². The van der Waals surface area contributed by atoms with E-state index in [-0.39, 0.29) is 5.41 Å². The lowest BCUT2D eigenvalue weighted by molar-refractivity contribution is -0.133. The molecule has 0 heterocycles. The topological polar surface area (TPSA) is 149 Å². The number of hydrogen-bond donors (Lipinski definition) is 4. The summed E-state index contributed by atoms with van der Waals surface area (Å²) in [7, 11) is 0. The first kappa shape index (κ1) is 48.9. The van der Waals surface area contributed by atoms with Crippen LogP contribution < -0.4 is 0 Å². The summed E-state index contributed by atoms with van der Waals surface area (Å²) in [6.45, 7) is 13.3. The third-order valence-electron chi connectivity index (χ3n) is 11.9. The van der Waals surface area contributed by atoms with Gasteiger partial charge in [-0.15, -0.1) is 0 Å². The van der Waals surface area contributed by atoms with Gasteiger partial charge in [-0.3, -0.25) is 0 Å². The maximum atomic E-state index is 11.0. The number of allylic oxidation sites excluding steroid dienone is 4. The molecule has 0 radical (unpaired) electrons. The predicted molar refractivity (Wildman–Crippen MR) is 219 cm³/mol. The standard InChI is InChI=1S/C14H20O2.C12H22O2.C10H16O2.C10H18O2/c1-9(13(15)16)5-14-6-10-2-11(7-14)4-12(3-10)8-14;1-4-6-7-11(5-2)9-8-10(3)12(13)14;1-8(10(11)12)7-9-5-3-2-4-6-9;1-3-4-5-6-7-8-9(2)10(11)12/h5,10-12H,2-4,6-8H2,1H3,(H,15,16);8,11H,4-7,9H2,1-3H3,(H,13,14);7,9H,2-6H2,1H3,(H,11,12);8H,3-7H2,1-2H3,(H,11,12)/b9-5+;10-8+;8-7+;9-8+. The Labute approximate surface area is 327 Å². The lowest BCUT2D eigenvalue weighted by Crippen LogP contribution is -2.45. The molecule has 4 bridgehead atoms. The highest BCUT2D eigenvalue weighted by Crippen LogP contribution is 2.60. The van der Waals surface area contributed by atoms with E-state index >= 15 is 0 Å². The molecule has 0 aromatic rings. The van der Waals surface area contributed by atoms with Crippen LogP contribution in [0.5, 0.6) is 0 Å². The highest BCUT2D eigenvalue weighted by molar-refractivity contribution is 5.87. The van der Waals surface area contributed by atoms with Gasteiger partial charge in [-0.1, -0.05) is 109 Å². The van der Waals surface area contributed by atoms with Gasteiger partial charge in [0, 0.05) is 22.3 Å². The van der Waals surface area contributed by atoms with Crippen LogP contribution in [0.15, 0.2) is 46.6 Å². The van der Waals surface area contributed by atoms with Crippen molar-refractivity contribution in [1.82, 2.24) is 0 Å². The second kappa shape index (κ2) is 26.6. The summed E-state index contributed by atoms with van der Waals surface area (Å²) in [6.07, 6.45) is 33.3. The smallest absolute Gasteiger partial charge is 0.330 e. The number of hydrogen-bond acceptors (Lipinski definition) is 4. The summed E-state index contributed by atoms with van der Waals surface area (Å²) >= 11 is 0. The Bertz CT molecular complexity index is 1240. The summed E-state index contributed by atoms with van der Waals surface area (Å²) in [6, 6.07) is 0. The zero-order chi connectivity index (χ0) is 40.7. The SMILES string of the molecule is C/C(=C\C12CC3CC(CC(C3)C1)C2)C(=O)O.C/C(=C\C1CCCCC1)C(=O)O.CCCCC(CC)C/C=C(\C)C(=O)O.CCCCCC/C=C(\C)C(=O)O. The number of carboxylic acids is 4. The fourth-order valence-electron chi connectivity index (χ4n) is 8.99. The molecule has 5 rings (SSSR count). The molecule has 1 atom stereocenters. The van der Waals surface area contributed by atoms with Crippen molar-refractivity contribution in [3.63, 3.8) is 0 Å².